The van der Waals surface area contributed by atoms with E-state index in [-0.39, 0.29) is 18.0 Å². The van der Waals surface area contributed by atoms with E-state index in [0.29, 0.717) is 18.9 Å². The van der Waals surface area contributed by atoms with Crippen molar-refractivity contribution in [1.82, 2.24) is 9.97 Å². The summed E-state index contributed by atoms with van der Waals surface area (Å²) in [5.74, 6) is 0.253. The van der Waals surface area contributed by atoms with Gasteiger partial charge in [0.05, 0.1) is 24.9 Å². The quantitative estimate of drug-likeness (QED) is 0.883. The van der Waals surface area contributed by atoms with E-state index in [2.05, 4.69) is 14.9 Å². The fourth-order valence-corrected chi connectivity index (χ4v) is 3.29. The zero-order valence-corrected chi connectivity index (χ0v) is 10.8. The van der Waals surface area contributed by atoms with Gasteiger partial charge in [0, 0.05) is 12.1 Å². The molecule has 1 aromatic rings. The van der Waals surface area contributed by atoms with Crippen molar-refractivity contribution in [3.05, 3.63) is 12.4 Å². The molecule has 3 unspecified atom stereocenters. The van der Waals surface area contributed by atoms with Crippen molar-refractivity contribution >= 4 is 11.8 Å². The summed E-state index contributed by atoms with van der Waals surface area (Å²) in [4.78, 5) is 21.9. The molecular weight excluding hydrogens is 246 g/mol. The summed E-state index contributed by atoms with van der Waals surface area (Å²) in [6, 6.07) is 0.325. The minimum absolute atomic E-state index is 0.0497. The number of aliphatic carboxylic acids is 1. The Morgan fingerprint density at radius 2 is 2.37 bits per heavy atom. The maximum absolute atomic E-state index is 11.3. The summed E-state index contributed by atoms with van der Waals surface area (Å²) < 4.78 is 5.35. The van der Waals surface area contributed by atoms with Gasteiger partial charge in [-0.3, -0.25) is 9.78 Å². The second-order valence-electron chi connectivity index (χ2n) is 5.03. The van der Waals surface area contributed by atoms with Crippen LogP contribution in [0.25, 0.3) is 0 Å². The Balaban J connectivity index is 1.87. The smallest absolute Gasteiger partial charge is 0.308 e. The lowest BCUT2D eigenvalue weighted by atomic mass is 9.89. The number of hydrogen-bond donors (Lipinski definition) is 1. The van der Waals surface area contributed by atoms with E-state index in [4.69, 9.17) is 4.74 Å². The van der Waals surface area contributed by atoms with Crippen LogP contribution >= 0.6 is 0 Å². The van der Waals surface area contributed by atoms with Crippen LogP contribution in [0.4, 0.5) is 5.82 Å². The van der Waals surface area contributed by atoms with Crippen LogP contribution in [0.1, 0.15) is 26.2 Å². The fourth-order valence-electron chi connectivity index (χ4n) is 3.29. The summed E-state index contributed by atoms with van der Waals surface area (Å²) in [6.45, 7) is 2.44. The molecule has 102 valence electrons. The molecule has 6 nitrogen and oxygen atoms in total. The number of nitrogens with zero attached hydrogens (tertiary/aromatic N) is 3. The van der Waals surface area contributed by atoms with Crippen LogP contribution in [-0.4, -0.2) is 39.7 Å². The van der Waals surface area contributed by atoms with Crippen LogP contribution in [0.2, 0.25) is 0 Å². The Kier molecular flexibility index (Phi) is 3.00. The Morgan fingerprint density at radius 3 is 3.05 bits per heavy atom. The van der Waals surface area contributed by atoms with Gasteiger partial charge in [0.15, 0.2) is 5.82 Å². The SMILES string of the molecule is CCOc1cncc(N2C3CCC2C(C(=O)O)C3)n1. The van der Waals surface area contributed by atoms with Gasteiger partial charge >= 0.3 is 5.97 Å². The van der Waals surface area contributed by atoms with Gasteiger partial charge in [-0.15, -0.1) is 0 Å². The average Bonchev–Trinajstić information content (AvgIpc) is 2.97. The Bertz CT molecular complexity index is 494. The summed E-state index contributed by atoms with van der Waals surface area (Å²) >= 11 is 0. The normalized spacial score (nSPS) is 28.7. The van der Waals surface area contributed by atoms with Crippen molar-refractivity contribution in [2.24, 2.45) is 5.92 Å². The molecule has 0 aliphatic carbocycles. The number of carbonyl (C=O) groups is 1. The first kappa shape index (κ1) is 12.2. The van der Waals surface area contributed by atoms with E-state index < -0.39 is 5.97 Å². The topological polar surface area (TPSA) is 75.5 Å². The Labute approximate surface area is 111 Å². The second kappa shape index (κ2) is 4.68. The van der Waals surface area contributed by atoms with Crippen LogP contribution in [0.5, 0.6) is 5.88 Å². The predicted octanol–water partition coefficient (Wildman–Crippen LogP) is 1.32. The molecule has 2 saturated heterocycles. The molecule has 0 spiro atoms. The van der Waals surface area contributed by atoms with Gasteiger partial charge < -0.3 is 14.7 Å². The molecule has 2 aliphatic heterocycles. The van der Waals surface area contributed by atoms with Crippen molar-refractivity contribution in [3.63, 3.8) is 0 Å². The van der Waals surface area contributed by atoms with Crippen molar-refractivity contribution in [2.75, 3.05) is 11.5 Å². The van der Waals surface area contributed by atoms with E-state index >= 15 is 0 Å². The third-order valence-corrected chi connectivity index (χ3v) is 4.01. The zero-order valence-electron chi connectivity index (χ0n) is 10.8. The van der Waals surface area contributed by atoms with Crippen LogP contribution in [0.3, 0.4) is 0 Å². The van der Waals surface area contributed by atoms with E-state index in [9.17, 15) is 9.90 Å². The lowest BCUT2D eigenvalue weighted by Gasteiger charge is -2.23. The van der Waals surface area contributed by atoms with Gasteiger partial charge in [-0.2, -0.15) is 4.98 Å². The maximum atomic E-state index is 11.3. The highest BCUT2D eigenvalue weighted by Gasteiger charge is 2.49. The molecule has 1 N–H and O–H groups in total. The van der Waals surface area contributed by atoms with Crippen molar-refractivity contribution in [1.29, 1.82) is 0 Å². The van der Waals surface area contributed by atoms with E-state index in [1.165, 1.54) is 0 Å². The van der Waals surface area contributed by atoms with Crippen molar-refractivity contribution in [3.8, 4) is 5.88 Å². The monoisotopic (exact) mass is 263 g/mol. The molecule has 2 fully saturated rings. The molecule has 3 atom stereocenters. The number of carboxylic acid groups (broad SMARTS) is 1. The number of aromatic nitrogens is 2. The molecule has 0 saturated carbocycles. The highest BCUT2D eigenvalue weighted by atomic mass is 16.5. The number of hydrogen-bond acceptors (Lipinski definition) is 5. The molecule has 2 aliphatic rings. The Hall–Kier alpha value is -1.85. The first-order valence-electron chi connectivity index (χ1n) is 6.66. The molecule has 2 bridgehead atoms. The fraction of sp³-hybridized carbons (Fsp3) is 0.615. The van der Waals surface area contributed by atoms with Gasteiger partial charge in [-0.05, 0) is 26.2 Å². The number of carboxylic acids is 1. The molecule has 3 rings (SSSR count). The molecule has 1 aromatic heterocycles. The van der Waals surface area contributed by atoms with Gasteiger partial charge in [-0.1, -0.05) is 0 Å². The van der Waals surface area contributed by atoms with Crippen LogP contribution in [0, 0.1) is 5.92 Å². The molecule has 19 heavy (non-hydrogen) atoms. The molecule has 0 radical (unpaired) electrons. The van der Waals surface area contributed by atoms with Crippen LogP contribution in [0.15, 0.2) is 12.4 Å². The third kappa shape index (κ3) is 2.01. The van der Waals surface area contributed by atoms with Gasteiger partial charge in [0.25, 0.3) is 0 Å². The van der Waals surface area contributed by atoms with Crippen LogP contribution < -0.4 is 9.64 Å². The highest BCUT2D eigenvalue weighted by molar-refractivity contribution is 5.73. The summed E-state index contributed by atoms with van der Waals surface area (Å²) in [6.07, 6.45) is 5.94. The summed E-state index contributed by atoms with van der Waals surface area (Å²) in [7, 11) is 0. The number of rotatable bonds is 4. The first-order chi connectivity index (χ1) is 9.20. The average molecular weight is 263 g/mol. The molecule has 6 heteroatoms. The van der Waals surface area contributed by atoms with E-state index in [0.717, 1.165) is 18.7 Å². The summed E-state index contributed by atoms with van der Waals surface area (Å²) in [5, 5.41) is 9.25. The van der Waals surface area contributed by atoms with Crippen molar-refractivity contribution < 1.29 is 14.6 Å². The third-order valence-electron chi connectivity index (χ3n) is 4.01. The van der Waals surface area contributed by atoms with Gasteiger partial charge in [0.2, 0.25) is 5.88 Å². The van der Waals surface area contributed by atoms with Gasteiger partial charge in [0.1, 0.15) is 0 Å². The number of fused-ring (bicyclic) bond motifs is 2. The molecule has 0 amide bonds. The zero-order chi connectivity index (χ0) is 13.4. The number of anilines is 1. The molecule has 3 heterocycles. The first-order valence-corrected chi connectivity index (χ1v) is 6.66. The van der Waals surface area contributed by atoms with E-state index in [1.807, 2.05) is 6.92 Å². The van der Waals surface area contributed by atoms with E-state index in [1.54, 1.807) is 12.4 Å². The lowest BCUT2D eigenvalue weighted by Crippen LogP contribution is -2.33. The summed E-state index contributed by atoms with van der Waals surface area (Å²) in [5.41, 5.74) is 0. The molecule has 0 aromatic carbocycles. The minimum atomic E-state index is -0.703. The van der Waals surface area contributed by atoms with Crippen molar-refractivity contribution in [2.45, 2.75) is 38.3 Å². The lowest BCUT2D eigenvalue weighted by molar-refractivity contribution is -0.142. The largest absolute Gasteiger partial charge is 0.481 e. The van der Waals surface area contributed by atoms with Crippen LogP contribution in [-0.2, 0) is 4.79 Å². The van der Waals surface area contributed by atoms with Gasteiger partial charge in [-0.25, -0.2) is 0 Å². The standard InChI is InChI=1S/C13H17N3O3/c1-2-19-12-7-14-6-11(15-12)16-8-3-4-10(16)9(5-8)13(17)18/h6-10H,2-5H2,1H3,(H,17,18). The second-order valence-corrected chi connectivity index (χ2v) is 5.03. The minimum Gasteiger partial charge on any atom is -0.481 e. The number of ether oxygens (including phenoxy) is 1. The maximum Gasteiger partial charge on any atom is 0.308 e. The highest BCUT2D eigenvalue weighted by Crippen LogP contribution is 2.43. The predicted molar refractivity (Wildman–Crippen MR) is 68.2 cm³/mol. The molecular formula is C13H17N3O3. The Morgan fingerprint density at radius 1 is 1.53 bits per heavy atom.